The second-order valence-corrected chi connectivity index (χ2v) is 10.4. The molecule has 1 atom stereocenters. The lowest BCUT2D eigenvalue weighted by Gasteiger charge is -2.18. The van der Waals surface area contributed by atoms with Crippen molar-refractivity contribution < 1.29 is 4.79 Å². The monoisotopic (exact) mass is 520 g/mol. The van der Waals surface area contributed by atoms with Crippen LogP contribution in [-0.4, -0.2) is 24.9 Å². The van der Waals surface area contributed by atoms with Gasteiger partial charge in [-0.05, 0) is 63.0 Å². The zero-order valence-corrected chi connectivity index (χ0v) is 25.1. The third kappa shape index (κ3) is 9.94. The third-order valence-corrected chi connectivity index (χ3v) is 6.98. The largest absolute Gasteiger partial charge is 0.346 e. The number of hydrogen-bond acceptors (Lipinski definition) is 3. The summed E-state index contributed by atoms with van der Waals surface area (Å²) >= 11 is 1.75. The fraction of sp³-hybridized carbons (Fsp3) is 0.424. The first-order valence-electron chi connectivity index (χ1n) is 13.7. The van der Waals surface area contributed by atoms with E-state index < -0.39 is 0 Å². The van der Waals surface area contributed by atoms with Gasteiger partial charge in [0.05, 0.1) is 0 Å². The molecule has 0 spiro atoms. The normalized spacial score (nSPS) is 11.1. The molecule has 1 unspecified atom stereocenters. The minimum absolute atomic E-state index is 0.0506. The molecule has 2 aromatic heterocycles. The standard InChI is InChI=1S/C17H26O.C12H9NS.C2H7N.C2H6/c1-5-6-7-8-15-9-11-16(12-10-15)17(13(2)3)14(4)18;1-2-8-7-10-9-5-3-4-6-11(9)13-12(10)14-8;1-3-2;1-2/h9-13,17H,5-8H2,1-4H3;2-7,13H,1H2;3H,1-2H3;1-2H3. The predicted octanol–water partition coefficient (Wildman–Crippen LogP) is 9.64. The quantitative estimate of drug-likeness (QED) is 0.227. The summed E-state index contributed by atoms with van der Waals surface area (Å²) < 4.78 is 0. The van der Waals surface area contributed by atoms with E-state index in [9.17, 15) is 4.79 Å². The number of thiophene rings is 1. The zero-order chi connectivity index (χ0) is 27.8. The molecular weight excluding hydrogens is 472 g/mol. The number of hydrogen-bond donors (Lipinski definition) is 2. The van der Waals surface area contributed by atoms with E-state index in [1.165, 1.54) is 50.8 Å². The summed E-state index contributed by atoms with van der Waals surface area (Å²) in [7, 11) is 3.75. The number of rotatable bonds is 8. The minimum atomic E-state index is 0.0506. The van der Waals surface area contributed by atoms with Crippen LogP contribution in [0.25, 0.3) is 27.2 Å². The van der Waals surface area contributed by atoms with Crippen LogP contribution < -0.4 is 5.32 Å². The fourth-order valence-corrected chi connectivity index (χ4v) is 5.25. The van der Waals surface area contributed by atoms with Gasteiger partial charge in [0.2, 0.25) is 0 Å². The SMILES string of the molecule is C=Cc1cc2c([nH]c3ccccc32)s1.CC.CCCCCc1ccc(C(C(C)=O)C(C)C)cc1.CNC. The van der Waals surface area contributed by atoms with Crippen molar-refractivity contribution in [3.05, 3.63) is 77.2 Å². The Hall–Kier alpha value is -2.69. The van der Waals surface area contributed by atoms with Crippen molar-refractivity contribution in [2.45, 2.75) is 73.1 Å². The second-order valence-electron chi connectivity index (χ2n) is 9.30. The van der Waals surface area contributed by atoms with Crippen molar-refractivity contribution >= 4 is 44.3 Å². The topological polar surface area (TPSA) is 44.9 Å². The highest BCUT2D eigenvalue weighted by Gasteiger charge is 2.20. The number of ketones is 1. The number of aryl methyl sites for hydroxylation is 1. The molecule has 0 saturated heterocycles. The maximum absolute atomic E-state index is 11.7. The molecule has 2 N–H and O–H groups in total. The Morgan fingerprint density at radius 2 is 1.65 bits per heavy atom. The first kappa shape index (κ1) is 32.3. The van der Waals surface area contributed by atoms with Gasteiger partial charge in [-0.15, -0.1) is 11.3 Å². The Labute approximate surface area is 229 Å². The minimum Gasteiger partial charge on any atom is -0.346 e. The smallest absolute Gasteiger partial charge is 0.137 e. The Bertz CT molecular complexity index is 1180. The molecule has 2 aromatic carbocycles. The Balaban J connectivity index is 0.000000320. The maximum Gasteiger partial charge on any atom is 0.137 e. The summed E-state index contributed by atoms with van der Waals surface area (Å²) in [5.41, 5.74) is 3.76. The van der Waals surface area contributed by atoms with Crippen LogP contribution in [0.15, 0.2) is 61.2 Å². The number of unbranched alkanes of at least 4 members (excludes halogenated alkanes) is 2. The van der Waals surface area contributed by atoms with Gasteiger partial charge in [-0.2, -0.15) is 0 Å². The average Bonchev–Trinajstić information content (AvgIpc) is 3.45. The summed E-state index contributed by atoms with van der Waals surface area (Å²) in [5.74, 6) is 0.687. The Morgan fingerprint density at radius 1 is 1.03 bits per heavy atom. The molecular formula is C33H48N2OS. The number of nitrogens with one attached hydrogen (secondary N) is 2. The molecule has 0 amide bonds. The maximum atomic E-state index is 11.7. The van der Waals surface area contributed by atoms with E-state index in [1.54, 1.807) is 18.3 Å². The number of carbonyl (C=O) groups excluding carboxylic acids is 1. The van der Waals surface area contributed by atoms with Gasteiger partial charge in [-0.1, -0.05) is 103 Å². The van der Waals surface area contributed by atoms with Crippen molar-refractivity contribution in [1.29, 1.82) is 0 Å². The zero-order valence-electron chi connectivity index (χ0n) is 24.3. The van der Waals surface area contributed by atoms with Crippen molar-refractivity contribution in [3.8, 4) is 0 Å². The van der Waals surface area contributed by atoms with Crippen LogP contribution >= 0.6 is 11.3 Å². The van der Waals surface area contributed by atoms with Gasteiger partial charge in [0.25, 0.3) is 0 Å². The first-order valence-corrected chi connectivity index (χ1v) is 14.5. The van der Waals surface area contributed by atoms with Gasteiger partial charge in [-0.3, -0.25) is 4.79 Å². The summed E-state index contributed by atoms with van der Waals surface area (Å²) in [5, 5.41) is 5.35. The van der Waals surface area contributed by atoms with Crippen LogP contribution in [-0.2, 0) is 11.2 Å². The van der Waals surface area contributed by atoms with Crippen LogP contribution in [0.3, 0.4) is 0 Å². The van der Waals surface area contributed by atoms with E-state index in [-0.39, 0.29) is 11.7 Å². The number of benzene rings is 2. The van der Waals surface area contributed by atoms with E-state index in [2.05, 4.69) is 92.2 Å². The molecule has 0 radical (unpaired) electrons. The molecule has 0 saturated carbocycles. The van der Waals surface area contributed by atoms with Crippen LogP contribution in [0.2, 0.25) is 0 Å². The first-order chi connectivity index (χ1) is 17.9. The van der Waals surface area contributed by atoms with Gasteiger partial charge in [0, 0.05) is 27.1 Å². The van der Waals surface area contributed by atoms with E-state index >= 15 is 0 Å². The lowest BCUT2D eigenvalue weighted by molar-refractivity contribution is -0.119. The number of para-hydroxylation sites is 1. The summed E-state index contributed by atoms with van der Waals surface area (Å²) in [6.45, 7) is 15.9. The van der Waals surface area contributed by atoms with Gasteiger partial charge < -0.3 is 10.3 Å². The molecule has 4 aromatic rings. The van der Waals surface area contributed by atoms with Gasteiger partial charge >= 0.3 is 0 Å². The highest BCUT2D eigenvalue weighted by Crippen LogP contribution is 2.32. The van der Waals surface area contributed by atoms with E-state index in [0.29, 0.717) is 5.92 Å². The van der Waals surface area contributed by atoms with E-state index in [0.717, 1.165) is 12.0 Å². The number of H-pyrrole nitrogens is 1. The molecule has 4 heteroatoms. The third-order valence-electron chi connectivity index (χ3n) is 5.93. The van der Waals surface area contributed by atoms with Crippen LogP contribution in [0.5, 0.6) is 0 Å². The van der Waals surface area contributed by atoms with Crippen molar-refractivity contribution in [3.63, 3.8) is 0 Å². The van der Waals surface area contributed by atoms with Crippen molar-refractivity contribution in [2.75, 3.05) is 14.1 Å². The van der Waals surface area contributed by atoms with Crippen LogP contribution in [0, 0.1) is 5.92 Å². The summed E-state index contributed by atoms with van der Waals surface area (Å²) in [4.78, 5) is 17.5. The number of Topliss-reactive ketones (excluding diaryl/α,β-unsaturated/α-hetero) is 1. The highest BCUT2D eigenvalue weighted by atomic mass is 32.1. The fourth-order valence-electron chi connectivity index (χ4n) is 4.31. The number of carbonyl (C=O) groups is 1. The highest BCUT2D eigenvalue weighted by molar-refractivity contribution is 7.19. The van der Waals surface area contributed by atoms with E-state index in [4.69, 9.17) is 0 Å². The molecule has 0 fully saturated rings. The summed E-state index contributed by atoms with van der Waals surface area (Å²) in [6.07, 6.45) is 6.87. The van der Waals surface area contributed by atoms with Crippen LogP contribution in [0.1, 0.15) is 82.7 Å². The lowest BCUT2D eigenvalue weighted by Crippen LogP contribution is -2.15. The van der Waals surface area contributed by atoms with Gasteiger partial charge in [-0.25, -0.2) is 0 Å². The average molecular weight is 521 g/mol. The van der Waals surface area contributed by atoms with E-state index in [1.807, 2.05) is 34.0 Å². The molecule has 202 valence electrons. The van der Waals surface area contributed by atoms with Gasteiger partial charge in [0.1, 0.15) is 10.6 Å². The van der Waals surface area contributed by atoms with Crippen LogP contribution in [0.4, 0.5) is 0 Å². The molecule has 2 heterocycles. The van der Waals surface area contributed by atoms with Crippen molar-refractivity contribution in [2.24, 2.45) is 5.92 Å². The van der Waals surface area contributed by atoms with Crippen molar-refractivity contribution in [1.82, 2.24) is 10.3 Å². The molecule has 4 rings (SSSR count). The number of aromatic amines is 1. The number of fused-ring (bicyclic) bond motifs is 3. The molecule has 3 nitrogen and oxygen atoms in total. The molecule has 0 aliphatic carbocycles. The van der Waals surface area contributed by atoms with Gasteiger partial charge in [0.15, 0.2) is 0 Å². The second kappa shape index (κ2) is 17.7. The predicted molar refractivity (Wildman–Crippen MR) is 168 cm³/mol. The number of aromatic nitrogens is 1. The Morgan fingerprint density at radius 3 is 2.19 bits per heavy atom. The molecule has 0 aliphatic heterocycles. The summed E-state index contributed by atoms with van der Waals surface area (Å²) in [6, 6.07) is 19.2. The molecule has 37 heavy (non-hydrogen) atoms. The molecule has 0 aliphatic rings. The lowest BCUT2D eigenvalue weighted by atomic mass is 9.85. The Kier molecular flexibility index (Phi) is 15.5. The molecule has 0 bridgehead atoms.